The molecule has 0 fully saturated rings. The van der Waals surface area contributed by atoms with E-state index in [0.717, 1.165) is 5.82 Å². The third-order valence-corrected chi connectivity index (χ3v) is 2.78. The lowest BCUT2D eigenvalue weighted by molar-refractivity contribution is 0.296. The molecular formula is C15H16FN3O. The summed E-state index contributed by atoms with van der Waals surface area (Å²) >= 11 is 0. The van der Waals surface area contributed by atoms with Gasteiger partial charge in [-0.3, -0.25) is 0 Å². The minimum atomic E-state index is -0.343. The van der Waals surface area contributed by atoms with Gasteiger partial charge in [0.1, 0.15) is 24.0 Å². The summed E-state index contributed by atoms with van der Waals surface area (Å²) in [6.07, 6.45) is 3.63. The summed E-state index contributed by atoms with van der Waals surface area (Å²) in [5.41, 5.74) is 5.84. The van der Waals surface area contributed by atoms with Crippen LogP contribution in [0.4, 0.5) is 4.39 Å². The third-order valence-electron chi connectivity index (χ3n) is 2.78. The summed E-state index contributed by atoms with van der Waals surface area (Å²) in [5, 5.41) is 0. The van der Waals surface area contributed by atoms with E-state index in [9.17, 15) is 4.39 Å². The van der Waals surface area contributed by atoms with Crippen LogP contribution in [0.1, 0.15) is 11.4 Å². The lowest BCUT2D eigenvalue weighted by Crippen LogP contribution is -2.09. The molecule has 0 spiro atoms. The summed E-state index contributed by atoms with van der Waals surface area (Å²) in [4.78, 5) is 4.13. The Morgan fingerprint density at radius 1 is 1.45 bits per heavy atom. The first-order valence-corrected chi connectivity index (χ1v) is 6.29. The van der Waals surface area contributed by atoms with Crippen LogP contribution in [-0.4, -0.2) is 22.7 Å². The number of aryl methyl sites for hydroxylation is 1. The summed E-state index contributed by atoms with van der Waals surface area (Å²) in [7, 11) is 0. The zero-order chi connectivity index (χ0) is 14.4. The quantitative estimate of drug-likeness (QED) is 0.863. The van der Waals surface area contributed by atoms with Crippen molar-refractivity contribution in [1.82, 2.24) is 9.55 Å². The fourth-order valence-electron chi connectivity index (χ4n) is 1.77. The maximum absolute atomic E-state index is 13.2. The molecule has 104 valence electrons. The van der Waals surface area contributed by atoms with E-state index < -0.39 is 0 Å². The van der Waals surface area contributed by atoms with E-state index in [1.54, 1.807) is 12.3 Å². The second kappa shape index (κ2) is 6.73. The number of rotatable bonds is 4. The first kappa shape index (κ1) is 14.1. The van der Waals surface area contributed by atoms with Crippen LogP contribution in [-0.2, 0) is 6.54 Å². The fraction of sp³-hybridized carbons (Fsp3) is 0.267. The number of halogens is 1. The van der Waals surface area contributed by atoms with Crippen molar-refractivity contribution < 1.29 is 9.13 Å². The molecule has 1 aromatic carbocycles. The van der Waals surface area contributed by atoms with Gasteiger partial charge in [-0.1, -0.05) is 11.8 Å². The molecule has 0 saturated carbocycles. The average molecular weight is 273 g/mol. The van der Waals surface area contributed by atoms with Gasteiger partial charge in [0.2, 0.25) is 0 Å². The first-order valence-electron chi connectivity index (χ1n) is 6.29. The molecule has 0 amide bonds. The van der Waals surface area contributed by atoms with Crippen LogP contribution in [0.3, 0.4) is 0 Å². The third kappa shape index (κ3) is 3.59. The van der Waals surface area contributed by atoms with Crippen molar-refractivity contribution in [1.29, 1.82) is 0 Å². The van der Waals surface area contributed by atoms with Gasteiger partial charge < -0.3 is 15.0 Å². The second-order valence-corrected chi connectivity index (χ2v) is 4.16. The zero-order valence-corrected chi connectivity index (χ0v) is 11.3. The Morgan fingerprint density at radius 3 is 3.00 bits per heavy atom. The Morgan fingerprint density at radius 2 is 2.30 bits per heavy atom. The normalized spacial score (nSPS) is 9.95. The van der Waals surface area contributed by atoms with Crippen LogP contribution in [0, 0.1) is 24.6 Å². The second-order valence-electron chi connectivity index (χ2n) is 4.16. The number of imidazole rings is 1. The van der Waals surface area contributed by atoms with Gasteiger partial charge >= 0.3 is 0 Å². The van der Waals surface area contributed by atoms with E-state index in [1.807, 2.05) is 17.7 Å². The molecule has 2 N–H and O–H groups in total. The molecule has 0 unspecified atom stereocenters. The molecule has 2 aromatic rings. The maximum Gasteiger partial charge on any atom is 0.135 e. The van der Waals surface area contributed by atoms with E-state index >= 15 is 0 Å². The van der Waals surface area contributed by atoms with Crippen molar-refractivity contribution in [2.75, 3.05) is 13.2 Å². The predicted molar refractivity (Wildman–Crippen MR) is 74.8 cm³/mol. The Labute approximate surface area is 117 Å². The minimum Gasteiger partial charge on any atom is -0.490 e. The number of nitrogens with two attached hydrogens (primary N) is 1. The number of hydrogen-bond acceptors (Lipinski definition) is 3. The Balaban J connectivity index is 2.03. The molecule has 0 atom stereocenters. The SMILES string of the molecule is Cc1nccn1CCOc1ccc(F)cc1C#CCN. The topological polar surface area (TPSA) is 53.1 Å². The van der Waals surface area contributed by atoms with Crippen LogP contribution in [0.5, 0.6) is 5.75 Å². The van der Waals surface area contributed by atoms with Gasteiger partial charge in [0.25, 0.3) is 0 Å². The lowest BCUT2D eigenvalue weighted by Gasteiger charge is -2.09. The van der Waals surface area contributed by atoms with Crippen LogP contribution in [0.2, 0.25) is 0 Å². The Hall–Kier alpha value is -2.32. The van der Waals surface area contributed by atoms with Crippen LogP contribution in [0.25, 0.3) is 0 Å². The van der Waals surface area contributed by atoms with Crippen molar-refractivity contribution in [3.63, 3.8) is 0 Å². The molecule has 1 aromatic heterocycles. The summed E-state index contributed by atoms with van der Waals surface area (Å²) in [5.74, 6) is 6.65. The van der Waals surface area contributed by atoms with Crippen molar-refractivity contribution in [2.45, 2.75) is 13.5 Å². The summed E-state index contributed by atoms with van der Waals surface area (Å²) in [6.45, 7) is 3.29. The van der Waals surface area contributed by atoms with Gasteiger partial charge in [-0.15, -0.1) is 0 Å². The number of hydrogen-bond donors (Lipinski definition) is 1. The number of nitrogens with zero attached hydrogens (tertiary/aromatic N) is 2. The highest BCUT2D eigenvalue weighted by molar-refractivity contribution is 5.46. The standard InChI is InChI=1S/C15H16FN3O/c1-12-18-7-8-19(12)9-10-20-15-5-4-14(16)11-13(15)3-2-6-17/h4-5,7-8,11H,6,9-10,17H2,1H3. The molecule has 0 saturated heterocycles. The number of aromatic nitrogens is 2. The molecule has 0 aliphatic rings. The molecule has 2 rings (SSSR count). The van der Waals surface area contributed by atoms with Crippen molar-refractivity contribution in [3.05, 3.63) is 47.8 Å². The van der Waals surface area contributed by atoms with Gasteiger partial charge in [0, 0.05) is 12.4 Å². The molecule has 20 heavy (non-hydrogen) atoms. The van der Waals surface area contributed by atoms with Crippen molar-refractivity contribution in [2.24, 2.45) is 5.73 Å². The van der Waals surface area contributed by atoms with E-state index in [4.69, 9.17) is 10.5 Å². The van der Waals surface area contributed by atoms with E-state index in [2.05, 4.69) is 16.8 Å². The van der Waals surface area contributed by atoms with Gasteiger partial charge in [0.15, 0.2) is 0 Å². The Kier molecular flexibility index (Phi) is 4.75. The molecule has 1 heterocycles. The van der Waals surface area contributed by atoms with Gasteiger partial charge in [0.05, 0.1) is 18.7 Å². The highest BCUT2D eigenvalue weighted by Crippen LogP contribution is 2.18. The molecule has 0 aliphatic carbocycles. The van der Waals surface area contributed by atoms with Crippen molar-refractivity contribution in [3.8, 4) is 17.6 Å². The van der Waals surface area contributed by atoms with Gasteiger partial charge in [-0.25, -0.2) is 9.37 Å². The number of ether oxygens (including phenoxy) is 1. The smallest absolute Gasteiger partial charge is 0.135 e. The molecule has 0 aliphatic heterocycles. The molecule has 4 nitrogen and oxygen atoms in total. The molecule has 0 radical (unpaired) electrons. The summed E-state index contributed by atoms with van der Waals surface area (Å²) < 4.78 is 20.8. The predicted octanol–water partition coefficient (Wildman–Crippen LogP) is 1.72. The maximum atomic E-state index is 13.2. The molecule has 5 heteroatoms. The van der Waals surface area contributed by atoms with Crippen LogP contribution in [0.15, 0.2) is 30.6 Å². The minimum absolute atomic E-state index is 0.226. The zero-order valence-electron chi connectivity index (χ0n) is 11.3. The van der Waals surface area contributed by atoms with Crippen LogP contribution >= 0.6 is 0 Å². The summed E-state index contributed by atoms with van der Waals surface area (Å²) in [6, 6.07) is 4.28. The highest BCUT2D eigenvalue weighted by Gasteiger charge is 2.04. The van der Waals surface area contributed by atoms with Gasteiger partial charge in [-0.2, -0.15) is 0 Å². The highest BCUT2D eigenvalue weighted by atomic mass is 19.1. The van der Waals surface area contributed by atoms with E-state index in [-0.39, 0.29) is 12.4 Å². The van der Waals surface area contributed by atoms with E-state index in [0.29, 0.717) is 24.5 Å². The van der Waals surface area contributed by atoms with E-state index in [1.165, 1.54) is 12.1 Å². The Bertz CT molecular complexity index is 640. The largest absolute Gasteiger partial charge is 0.490 e. The average Bonchev–Trinajstić information content (AvgIpc) is 2.84. The van der Waals surface area contributed by atoms with Gasteiger partial charge in [-0.05, 0) is 25.1 Å². The fourth-order valence-corrected chi connectivity index (χ4v) is 1.77. The van der Waals surface area contributed by atoms with Crippen LogP contribution < -0.4 is 10.5 Å². The molecular weight excluding hydrogens is 257 g/mol. The molecule has 0 bridgehead atoms. The first-order chi connectivity index (χ1) is 9.70. The monoisotopic (exact) mass is 273 g/mol. The number of benzene rings is 1. The van der Waals surface area contributed by atoms with Crippen molar-refractivity contribution >= 4 is 0 Å². The lowest BCUT2D eigenvalue weighted by atomic mass is 10.2.